The Kier molecular flexibility index (Phi) is 6.80. The predicted octanol–water partition coefficient (Wildman–Crippen LogP) is 2.25. The fraction of sp³-hybridized carbons (Fsp3) is 0.933. The molecule has 0 spiro atoms. The van der Waals surface area contributed by atoms with Gasteiger partial charge in [-0.1, -0.05) is 19.8 Å². The van der Waals surface area contributed by atoms with E-state index in [0.717, 1.165) is 38.5 Å². The summed E-state index contributed by atoms with van der Waals surface area (Å²) in [6.45, 7) is 6.85. The summed E-state index contributed by atoms with van der Waals surface area (Å²) >= 11 is 0. The summed E-state index contributed by atoms with van der Waals surface area (Å²) in [4.78, 5) is 11.7. The molecule has 1 rings (SSSR count). The maximum absolute atomic E-state index is 11.7. The van der Waals surface area contributed by atoms with Crippen LogP contribution in [0.25, 0.3) is 0 Å². The Morgan fingerprint density at radius 2 is 2.16 bits per heavy atom. The van der Waals surface area contributed by atoms with Crippen LogP contribution in [0, 0.1) is 5.92 Å². The summed E-state index contributed by atoms with van der Waals surface area (Å²) < 4.78 is 5.10. The van der Waals surface area contributed by atoms with E-state index >= 15 is 0 Å². The summed E-state index contributed by atoms with van der Waals surface area (Å²) in [6.07, 6.45) is 5.68. The molecule has 2 N–H and O–H groups in total. The predicted molar refractivity (Wildman–Crippen MR) is 75.9 cm³/mol. The smallest absolute Gasteiger partial charge is 0.308 e. The van der Waals surface area contributed by atoms with Crippen molar-refractivity contribution in [1.29, 1.82) is 0 Å². The highest BCUT2D eigenvalue weighted by Gasteiger charge is 2.29. The van der Waals surface area contributed by atoms with Crippen molar-refractivity contribution in [3.05, 3.63) is 0 Å². The second-order valence-corrected chi connectivity index (χ2v) is 5.94. The number of esters is 1. The highest BCUT2D eigenvalue weighted by molar-refractivity contribution is 5.72. The van der Waals surface area contributed by atoms with Crippen LogP contribution in [0.5, 0.6) is 0 Å². The van der Waals surface area contributed by atoms with Gasteiger partial charge in [0.15, 0.2) is 0 Å². The molecule has 0 aromatic carbocycles. The van der Waals surface area contributed by atoms with Gasteiger partial charge in [0.05, 0.1) is 18.1 Å². The average Bonchev–Trinajstić information content (AvgIpc) is 2.37. The summed E-state index contributed by atoms with van der Waals surface area (Å²) in [5.74, 6) is -0.0309. The molecular formula is C15H29NO3. The van der Waals surface area contributed by atoms with Crippen molar-refractivity contribution in [2.24, 2.45) is 5.92 Å². The third-order valence-electron chi connectivity index (χ3n) is 3.85. The Morgan fingerprint density at radius 1 is 1.42 bits per heavy atom. The highest BCUT2D eigenvalue weighted by atomic mass is 16.5. The lowest BCUT2D eigenvalue weighted by atomic mass is 9.85. The molecule has 0 aliphatic heterocycles. The van der Waals surface area contributed by atoms with E-state index in [4.69, 9.17) is 4.74 Å². The van der Waals surface area contributed by atoms with Crippen molar-refractivity contribution < 1.29 is 14.6 Å². The average molecular weight is 271 g/mol. The van der Waals surface area contributed by atoms with Crippen LogP contribution < -0.4 is 5.32 Å². The van der Waals surface area contributed by atoms with Gasteiger partial charge in [-0.3, -0.25) is 4.79 Å². The van der Waals surface area contributed by atoms with Gasteiger partial charge in [0, 0.05) is 12.6 Å². The lowest BCUT2D eigenvalue weighted by Gasteiger charge is -2.31. The SMILES string of the molecule is CCCC(C)(O)CNC1CCCC(C(=O)OCC)C1. The Hall–Kier alpha value is -0.610. The topological polar surface area (TPSA) is 58.6 Å². The fourth-order valence-electron chi connectivity index (χ4n) is 2.84. The molecule has 0 radical (unpaired) electrons. The standard InChI is InChI=1S/C15H29NO3/c1-4-9-15(3,18)11-16-13-8-6-7-12(10-13)14(17)19-5-2/h12-13,16,18H,4-11H2,1-3H3. The molecule has 4 heteroatoms. The minimum atomic E-state index is -0.647. The number of ether oxygens (including phenoxy) is 1. The Bertz CT molecular complexity index is 279. The second kappa shape index (κ2) is 7.85. The number of hydrogen-bond acceptors (Lipinski definition) is 4. The van der Waals surface area contributed by atoms with Gasteiger partial charge >= 0.3 is 5.97 Å². The van der Waals surface area contributed by atoms with Gasteiger partial charge in [-0.25, -0.2) is 0 Å². The van der Waals surface area contributed by atoms with E-state index in [1.165, 1.54) is 0 Å². The molecule has 1 fully saturated rings. The van der Waals surface area contributed by atoms with E-state index in [0.29, 0.717) is 19.2 Å². The van der Waals surface area contributed by atoms with Crippen molar-refractivity contribution in [3.63, 3.8) is 0 Å². The van der Waals surface area contributed by atoms with Crippen LogP contribution in [-0.2, 0) is 9.53 Å². The molecule has 3 atom stereocenters. The van der Waals surface area contributed by atoms with Gasteiger partial charge in [0.25, 0.3) is 0 Å². The summed E-state index contributed by atoms with van der Waals surface area (Å²) in [7, 11) is 0. The number of hydrogen-bond donors (Lipinski definition) is 2. The second-order valence-electron chi connectivity index (χ2n) is 5.94. The molecule has 0 heterocycles. The van der Waals surface area contributed by atoms with Crippen molar-refractivity contribution in [2.75, 3.05) is 13.2 Å². The lowest BCUT2D eigenvalue weighted by molar-refractivity contribution is -0.149. The molecule has 4 nitrogen and oxygen atoms in total. The molecule has 0 aromatic heterocycles. The Labute approximate surface area is 116 Å². The minimum Gasteiger partial charge on any atom is -0.466 e. The molecule has 0 saturated heterocycles. The first kappa shape index (κ1) is 16.4. The van der Waals surface area contributed by atoms with Crippen LogP contribution in [0.3, 0.4) is 0 Å². The van der Waals surface area contributed by atoms with E-state index in [9.17, 15) is 9.90 Å². The zero-order valence-corrected chi connectivity index (χ0v) is 12.6. The van der Waals surface area contributed by atoms with Gasteiger partial charge in [0.1, 0.15) is 0 Å². The number of nitrogens with one attached hydrogen (secondary N) is 1. The summed E-state index contributed by atoms with van der Waals surface area (Å²) in [6, 6.07) is 0.325. The van der Waals surface area contributed by atoms with Gasteiger partial charge < -0.3 is 15.2 Å². The van der Waals surface area contributed by atoms with E-state index in [-0.39, 0.29) is 11.9 Å². The molecule has 1 saturated carbocycles. The Morgan fingerprint density at radius 3 is 2.79 bits per heavy atom. The van der Waals surface area contributed by atoms with Crippen molar-refractivity contribution >= 4 is 5.97 Å². The zero-order valence-electron chi connectivity index (χ0n) is 12.6. The molecule has 1 aliphatic carbocycles. The van der Waals surface area contributed by atoms with E-state index in [2.05, 4.69) is 12.2 Å². The van der Waals surface area contributed by atoms with Gasteiger partial charge in [-0.05, 0) is 39.5 Å². The van der Waals surface area contributed by atoms with E-state index in [1.54, 1.807) is 0 Å². The molecule has 0 bridgehead atoms. The van der Waals surface area contributed by atoms with Gasteiger partial charge in [-0.2, -0.15) is 0 Å². The molecule has 19 heavy (non-hydrogen) atoms. The number of aliphatic hydroxyl groups is 1. The maximum Gasteiger partial charge on any atom is 0.308 e. The van der Waals surface area contributed by atoms with Crippen LogP contribution in [0.4, 0.5) is 0 Å². The van der Waals surface area contributed by atoms with Crippen LogP contribution in [0.2, 0.25) is 0 Å². The van der Waals surface area contributed by atoms with E-state index < -0.39 is 5.60 Å². The molecule has 3 unspecified atom stereocenters. The monoisotopic (exact) mass is 271 g/mol. The molecule has 0 amide bonds. The van der Waals surface area contributed by atoms with Crippen LogP contribution in [-0.4, -0.2) is 35.9 Å². The molecule has 0 aromatic rings. The first-order valence-corrected chi connectivity index (χ1v) is 7.61. The van der Waals surface area contributed by atoms with Crippen LogP contribution in [0.15, 0.2) is 0 Å². The minimum absolute atomic E-state index is 0.0299. The quantitative estimate of drug-likeness (QED) is 0.697. The van der Waals surface area contributed by atoms with E-state index in [1.807, 2.05) is 13.8 Å². The first-order chi connectivity index (χ1) is 8.98. The zero-order chi connectivity index (χ0) is 14.3. The van der Waals surface area contributed by atoms with Crippen molar-refractivity contribution in [2.45, 2.75) is 70.9 Å². The van der Waals surface area contributed by atoms with Gasteiger partial charge in [-0.15, -0.1) is 0 Å². The largest absolute Gasteiger partial charge is 0.466 e. The highest BCUT2D eigenvalue weighted by Crippen LogP contribution is 2.26. The first-order valence-electron chi connectivity index (χ1n) is 7.61. The number of carbonyl (C=O) groups is 1. The normalized spacial score (nSPS) is 26.7. The molecular weight excluding hydrogens is 242 g/mol. The van der Waals surface area contributed by atoms with Gasteiger partial charge in [0.2, 0.25) is 0 Å². The number of carbonyl (C=O) groups excluding carboxylic acids is 1. The fourth-order valence-corrected chi connectivity index (χ4v) is 2.84. The maximum atomic E-state index is 11.7. The summed E-state index contributed by atoms with van der Waals surface area (Å²) in [5, 5.41) is 13.6. The third kappa shape index (κ3) is 5.91. The lowest BCUT2D eigenvalue weighted by Crippen LogP contribution is -2.45. The molecule has 112 valence electrons. The molecule has 1 aliphatic rings. The summed E-state index contributed by atoms with van der Waals surface area (Å²) in [5.41, 5.74) is -0.647. The van der Waals surface area contributed by atoms with Crippen molar-refractivity contribution in [3.8, 4) is 0 Å². The van der Waals surface area contributed by atoms with Crippen LogP contribution in [0.1, 0.15) is 59.3 Å². The van der Waals surface area contributed by atoms with Crippen molar-refractivity contribution in [1.82, 2.24) is 5.32 Å². The Balaban J connectivity index is 2.36. The van der Waals surface area contributed by atoms with Crippen LogP contribution >= 0.6 is 0 Å². The number of rotatable bonds is 7. The third-order valence-corrected chi connectivity index (χ3v) is 3.85.